The van der Waals surface area contributed by atoms with E-state index < -0.39 is 58.5 Å². The largest absolute Gasteiger partial charge is 0.480 e. The van der Waals surface area contributed by atoms with Crippen LogP contribution in [0.15, 0.2) is 40.8 Å². The summed E-state index contributed by atoms with van der Waals surface area (Å²) in [6.07, 6.45) is -6.17. The van der Waals surface area contributed by atoms with Crippen LogP contribution in [0.25, 0.3) is 11.3 Å². The van der Waals surface area contributed by atoms with Gasteiger partial charge in [0.2, 0.25) is 0 Å². The smallest absolute Gasteiger partial charge is 0.417 e. The number of carbonyl (C=O) groups excluding carboxylic acids is 1. The van der Waals surface area contributed by atoms with Crippen LogP contribution in [-0.2, 0) is 32.5 Å². The molecule has 1 fully saturated rings. The van der Waals surface area contributed by atoms with Gasteiger partial charge in [-0.2, -0.15) is 25.9 Å². The molecule has 0 spiro atoms. The molecule has 1 aliphatic heterocycles. The average Bonchev–Trinajstić information content (AvgIpc) is 3.21. The molecule has 0 aliphatic carbocycles. The number of furan rings is 1. The van der Waals surface area contributed by atoms with Gasteiger partial charge in [0.05, 0.1) is 12.1 Å². The van der Waals surface area contributed by atoms with Crippen LogP contribution in [0.2, 0.25) is 0 Å². The number of nitrogens with one attached hydrogen (secondary N) is 2. The van der Waals surface area contributed by atoms with Crippen molar-refractivity contribution in [3.8, 4) is 11.3 Å². The molecule has 174 valence electrons. The summed E-state index contributed by atoms with van der Waals surface area (Å²) in [7, 11) is -4.33. The molecule has 0 saturated carbocycles. The Morgan fingerprint density at radius 2 is 1.91 bits per heavy atom. The summed E-state index contributed by atoms with van der Waals surface area (Å²) >= 11 is 0. The Morgan fingerprint density at radius 3 is 2.50 bits per heavy atom. The Hall–Kier alpha value is -2.90. The van der Waals surface area contributed by atoms with Gasteiger partial charge >= 0.3 is 22.4 Å². The molecule has 9 nitrogen and oxygen atoms in total. The molecule has 1 aliphatic rings. The molecule has 1 amide bonds. The van der Waals surface area contributed by atoms with Crippen LogP contribution in [0.4, 0.5) is 13.2 Å². The summed E-state index contributed by atoms with van der Waals surface area (Å²) in [5.74, 6) is -2.91. The first-order valence-electron chi connectivity index (χ1n) is 9.39. The fourth-order valence-electron chi connectivity index (χ4n) is 3.27. The topological polar surface area (TPSA) is 129 Å². The van der Waals surface area contributed by atoms with Gasteiger partial charge in [0.1, 0.15) is 17.6 Å². The van der Waals surface area contributed by atoms with Gasteiger partial charge in [-0.25, -0.2) is 4.72 Å². The zero-order chi connectivity index (χ0) is 23.8. The third-order valence-electron chi connectivity index (χ3n) is 4.82. The summed E-state index contributed by atoms with van der Waals surface area (Å²) in [6, 6.07) is 6.05. The zero-order valence-corrected chi connectivity index (χ0v) is 17.7. The maximum absolute atomic E-state index is 13.3. The Balaban J connectivity index is 1.90. The van der Waals surface area contributed by atoms with E-state index in [1.165, 1.54) is 30.3 Å². The van der Waals surface area contributed by atoms with Gasteiger partial charge in [-0.3, -0.25) is 14.9 Å². The van der Waals surface area contributed by atoms with Crippen LogP contribution >= 0.6 is 0 Å². The number of amides is 1. The van der Waals surface area contributed by atoms with Crippen molar-refractivity contribution in [1.82, 2.24) is 14.3 Å². The number of aliphatic carboxylic acids is 1. The van der Waals surface area contributed by atoms with E-state index in [-0.39, 0.29) is 17.1 Å². The molecule has 1 saturated heterocycles. The molecule has 2 aromatic rings. The van der Waals surface area contributed by atoms with E-state index in [1.54, 1.807) is 18.6 Å². The van der Waals surface area contributed by atoms with E-state index in [4.69, 9.17) is 4.42 Å². The molecule has 3 rings (SSSR count). The molecule has 1 aromatic carbocycles. The highest BCUT2D eigenvalue weighted by Gasteiger charge is 2.46. The highest BCUT2D eigenvalue weighted by atomic mass is 32.2. The maximum Gasteiger partial charge on any atom is 0.417 e. The van der Waals surface area contributed by atoms with Crippen LogP contribution in [0, 0.1) is 5.92 Å². The molecular weight excluding hydrogens is 455 g/mol. The normalized spacial score (nSPS) is 19.8. The minimum Gasteiger partial charge on any atom is -0.480 e. The van der Waals surface area contributed by atoms with Crippen molar-refractivity contribution in [1.29, 1.82) is 0 Å². The first-order chi connectivity index (χ1) is 14.8. The molecule has 0 radical (unpaired) electrons. The summed E-state index contributed by atoms with van der Waals surface area (Å²) in [5.41, 5.74) is -1.16. The third kappa shape index (κ3) is 4.79. The standard InChI is InChI=1S/C19H20F3N3O6S/c1-10(2)15(18(27)28)23-16-17(26)24-32(29,30)25(16)9-11-7-8-14(31-11)12-5-3-4-6-13(12)19(20,21)22/h3-8,10,15-16,23H,9H2,1-2H3,(H,24,26)(H,27,28)/t15-,16+/m0/s1. The predicted molar refractivity (Wildman–Crippen MR) is 105 cm³/mol. The minimum absolute atomic E-state index is 0.0414. The number of alkyl halides is 3. The zero-order valence-electron chi connectivity index (χ0n) is 16.9. The third-order valence-corrected chi connectivity index (χ3v) is 6.23. The Labute approximate surface area is 181 Å². The Morgan fingerprint density at radius 1 is 1.25 bits per heavy atom. The number of nitrogens with zero attached hydrogens (tertiary/aromatic N) is 1. The van der Waals surface area contributed by atoms with Crippen LogP contribution in [0.3, 0.4) is 0 Å². The second-order valence-corrected chi connectivity index (χ2v) is 9.08. The number of hydrogen-bond donors (Lipinski definition) is 3. The quantitative estimate of drug-likeness (QED) is 0.560. The predicted octanol–water partition coefficient (Wildman–Crippen LogP) is 2.17. The van der Waals surface area contributed by atoms with Gasteiger partial charge < -0.3 is 9.52 Å². The SMILES string of the molecule is CC(C)[C@H](N[C@H]1C(=O)NS(=O)(=O)N1Cc1ccc(-c2ccccc2C(F)(F)F)o1)C(=O)O. The average molecular weight is 475 g/mol. The Kier molecular flexibility index (Phi) is 6.36. The number of carboxylic acid groups (broad SMARTS) is 1. The van der Waals surface area contributed by atoms with Crippen molar-refractivity contribution in [2.45, 2.75) is 38.8 Å². The van der Waals surface area contributed by atoms with Gasteiger partial charge in [0.25, 0.3) is 5.91 Å². The van der Waals surface area contributed by atoms with Crippen molar-refractivity contribution >= 4 is 22.1 Å². The minimum atomic E-state index is -4.63. The van der Waals surface area contributed by atoms with Crippen LogP contribution in [0.1, 0.15) is 25.2 Å². The molecule has 0 unspecified atom stereocenters. The van der Waals surface area contributed by atoms with Gasteiger partial charge in [-0.1, -0.05) is 32.0 Å². The molecule has 1 aromatic heterocycles. The van der Waals surface area contributed by atoms with Crippen LogP contribution in [-0.4, -0.2) is 41.9 Å². The number of hydrogen-bond acceptors (Lipinski definition) is 6. The molecule has 3 N–H and O–H groups in total. The van der Waals surface area contributed by atoms with Crippen LogP contribution in [0.5, 0.6) is 0 Å². The second kappa shape index (κ2) is 8.56. The lowest BCUT2D eigenvalue weighted by atomic mass is 10.0. The van der Waals surface area contributed by atoms with E-state index in [0.29, 0.717) is 4.31 Å². The lowest BCUT2D eigenvalue weighted by molar-refractivity contribution is -0.141. The van der Waals surface area contributed by atoms with E-state index in [1.807, 2.05) is 0 Å². The van der Waals surface area contributed by atoms with E-state index in [2.05, 4.69) is 5.32 Å². The fourth-order valence-corrected chi connectivity index (χ4v) is 4.49. The maximum atomic E-state index is 13.3. The highest BCUT2D eigenvalue weighted by molar-refractivity contribution is 7.88. The lowest BCUT2D eigenvalue weighted by Gasteiger charge is -2.25. The van der Waals surface area contributed by atoms with Gasteiger partial charge in [0, 0.05) is 5.56 Å². The van der Waals surface area contributed by atoms with Crippen molar-refractivity contribution in [2.75, 3.05) is 0 Å². The molecule has 13 heteroatoms. The molecular formula is C19H20F3N3O6S. The monoisotopic (exact) mass is 475 g/mol. The number of halogens is 3. The van der Waals surface area contributed by atoms with Crippen molar-refractivity contribution in [2.24, 2.45) is 5.92 Å². The van der Waals surface area contributed by atoms with E-state index in [9.17, 15) is 36.3 Å². The summed E-state index contributed by atoms with van der Waals surface area (Å²) in [6.45, 7) is 2.64. The van der Waals surface area contributed by atoms with E-state index in [0.717, 1.165) is 6.07 Å². The number of benzene rings is 1. The first-order valence-corrected chi connectivity index (χ1v) is 10.8. The summed E-state index contributed by atoms with van der Waals surface area (Å²) in [5, 5.41) is 11.8. The molecule has 2 atom stereocenters. The molecule has 0 bridgehead atoms. The number of rotatable bonds is 7. The van der Waals surface area contributed by atoms with Gasteiger partial charge in [-0.05, 0) is 24.1 Å². The van der Waals surface area contributed by atoms with Crippen molar-refractivity contribution in [3.63, 3.8) is 0 Å². The Bertz CT molecular complexity index is 1130. The number of carbonyl (C=O) groups is 2. The van der Waals surface area contributed by atoms with E-state index >= 15 is 0 Å². The summed E-state index contributed by atoms with van der Waals surface area (Å²) in [4.78, 5) is 23.7. The van der Waals surface area contributed by atoms with Gasteiger partial charge in [0.15, 0.2) is 6.17 Å². The molecule has 32 heavy (non-hydrogen) atoms. The van der Waals surface area contributed by atoms with Gasteiger partial charge in [-0.15, -0.1) is 0 Å². The fraction of sp³-hybridized carbons (Fsp3) is 0.368. The number of carboxylic acids is 1. The van der Waals surface area contributed by atoms with Crippen molar-refractivity contribution in [3.05, 3.63) is 47.7 Å². The molecule has 2 heterocycles. The summed E-state index contributed by atoms with van der Waals surface area (Å²) < 4.78 is 72.5. The highest BCUT2D eigenvalue weighted by Crippen LogP contribution is 2.37. The van der Waals surface area contributed by atoms with Crippen LogP contribution < -0.4 is 10.0 Å². The second-order valence-electron chi connectivity index (χ2n) is 7.46. The lowest BCUT2D eigenvalue weighted by Crippen LogP contribution is -2.54. The first kappa shape index (κ1) is 23.8. The van der Waals surface area contributed by atoms with Crippen molar-refractivity contribution < 1.29 is 40.7 Å².